The number of benzene rings is 2. The van der Waals surface area contributed by atoms with Gasteiger partial charge < -0.3 is 10.1 Å². The number of rotatable bonds is 7. The minimum atomic E-state index is -0.187. The van der Waals surface area contributed by atoms with Gasteiger partial charge in [0.25, 0.3) is 5.91 Å². The van der Waals surface area contributed by atoms with Gasteiger partial charge >= 0.3 is 0 Å². The first kappa shape index (κ1) is 18.9. The third kappa shape index (κ3) is 4.89. The maximum atomic E-state index is 12.8. The van der Waals surface area contributed by atoms with Gasteiger partial charge in [0.1, 0.15) is 12.4 Å². The molecule has 2 aromatic heterocycles. The highest BCUT2D eigenvalue weighted by Crippen LogP contribution is 2.20. The highest BCUT2D eigenvalue weighted by Gasteiger charge is 2.11. The number of thiazole rings is 1. The second-order valence-corrected chi connectivity index (χ2v) is 7.55. The normalized spacial score (nSPS) is 10.7. The Balaban J connectivity index is 1.45. The molecule has 0 radical (unpaired) electrons. The van der Waals surface area contributed by atoms with Crippen molar-refractivity contribution in [3.8, 4) is 5.75 Å². The molecule has 0 saturated heterocycles. The van der Waals surface area contributed by atoms with Crippen LogP contribution in [0.3, 0.4) is 0 Å². The van der Waals surface area contributed by atoms with Gasteiger partial charge in [-0.2, -0.15) is 5.10 Å². The molecule has 0 bridgehead atoms. The molecule has 4 rings (SSSR count). The summed E-state index contributed by atoms with van der Waals surface area (Å²) in [7, 11) is 0. The molecule has 1 amide bonds. The van der Waals surface area contributed by atoms with Crippen LogP contribution < -0.4 is 10.1 Å². The zero-order chi connectivity index (χ0) is 20.1. The molecule has 7 heteroatoms. The number of amides is 1. The lowest BCUT2D eigenvalue weighted by Crippen LogP contribution is -2.14. The summed E-state index contributed by atoms with van der Waals surface area (Å²) in [6.07, 6.45) is 3.63. The van der Waals surface area contributed by atoms with Gasteiger partial charge in [0.2, 0.25) is 0 Å². The van der Waals surface area contributed by atoms with Crippen molar-refractivity contribution in [3.05, 3.63) is 94.2 Å². The van der Waals surface area contributed by atoms with E-state index in [4.69, 9.17) is 4.74 Å². The number of carbonyl (C=O) groups excluding carboxylic acids is 1. The van der Waals surface area contributed by atoms with E-state index in [0.717, 1.165) is 22.0 Å². The lowest BCUT2D eigenvalue weighted by Gasteiger charge is -2.12. The summed E-state index contributed by atoms with van der Waals surface area (Å²) in [5, 5.41) is 10.2. The monoisotopic (exact) mass is 404 g/mol. The summed E-state index contributed by atoms with van der Waals surface area (Å²) in [5.74, 6) is 0.445. The third-order valence-corrected chi connectivity index (χ3v) is 5.13. The first-order valence-electron chi connectivity index (χ1n) is 9.18. The molecule has 2 heterocycles. The Morgan fingerprint density at radius 3 is 2.86 bits per heavy atom. The van der Waals surface area contributed by atoms with Gasteiger partial charge in [0, 0.05) is 29.0 Å². The molecular formula is C22H20N4O2S. The van der Waals surface area contributed by atoms with Gasteiger partial charge in [-0.3, -0.25) is 9.48 Å². The Hall–Kier alpha value is -3.45. The van der Waals surface area contributed by atoms with Crippen molar-refractivity contribution in [2.45, 2.75) is 20.1 Å². The summed E-state index contributed by atoms with van der Waals surface area (Å²) < 4.78 is 7.61. The maximum absolute atomic E-state index is 12.8. The molecule has 146 valence electrons. The highest BCUT2D eigenvalue weighted by atomic mass is 32.1. The second-order valence-electron chi connectivity index (χ2n) is 6.49. The number of para-hydroxylation sites is 1. The molecule has 0 fully saturated rings. The zero-order valence-corrected chi connectivity index (χ0v) is 16.7. The Morgan fingerprint density at radius 2 is 2.07 bits per heavy atom. The fourth-order valence-electron chi connectivity index (χ4n) is 2.90. The number of hydrogen-bond donors (Lipinski definition) is 1. The van der Waals surface area contributed by atoms with E-state index in [1.54, 1.807) is 29.7 Å². The number of nitrogens with zero attached hydrogens (tertiary/aromatic N) is 3. The Kier molecular flexibility index (Phi) is 5.67. The topological polar surface area (TPSA) is 69.0 Å². The van der Waals surface area contributed by atoms with Crippen LogP contribution in [0.25, 0.3) is 0 Å². The van der Waals surface area contributed by atoms with Crippen LogP contribution in [-0.2, 0) is 13.2 Å². The van der Waals surface area contributed by atoms with Crippen LogP contribution in [0.2, 0.25) is 0 Å². The number of carbonyl (C=O) groups is 1. The van der Waals surface area contributed by atoms with Crippen LogP contribution >= 0.6 is 11.3 Å². The van der Waals surface area contributed by atoms with E-state index in [-0.39, 0.29) is 5.91 Å². The van der Waals surface area contributed by atoms with Crippen LogP contribution in [0, 0.1) is 6.92 Å². The average molecular weight is 404 g/mol. The summed E-state index contributed by atoms with van der Waals surface area (Å²) in [6.45, 7) is 2.92. The van der Waals surface area contributed by atoms with E-state index >= 15 is 0 Å². The van der Waals surface area contributed by atoms with Gasteiger partial charge in [-0.05, 0) is 42.8 Å². The maximum Gasteiger partial charge on any atom is 0.255 e. The largest absolute Gasteiger partial charge is 0.487 e. The van der Waals surface area contributed by atoms with Crippen LogP contribution in [0.5, 0.6) is 5.75 Å². The molecular weight excluding hydrogens is 384 g/mol. The van der Waals surface area contributed by atoms with Crippen molar-refractivity contribution in [1.29, 1.82) is 0 Å². The second kappa shape index (κ2) is 8.70. The summed E-state index contributed by atoms with van der Waals surface area (Å²) in [6, 6.07) is 16.7. The van der Waals surface area contributed by atoms with Crippen molar-refractivity contribution < 1.29 is 9.53 Å². The Bertz CT molecular complexity index is 1110. The standard InChI is InChI=1S/C22H20N4O2S/c1-16-24-19(15-29-16)14-28-20-8-4-7-17(12-20)22(27)25-21-9-3-2-6-18(21)13-26-11-5-10-23-26/h2-12,15H,13-14H2,1H3,(H,25,27). The molecule has 29 heavy (non-hydrogen) atoms. The molecule has 0 spiro atoms. The van der Waals surface area contributed by atoms with Gasteiger partial charge in [0.15, 0.2) is 0 Å². The van der Waals surface area contributed by atoms with Crippen molar-refractivity contribution in [1.82, 2.24) is 14.8 Å². The molecule has 0 saturated carbocycles. The van der Waals surface area contributed by atoms with Crippen molar-refractivity contribution in [2.24, 2.45) is 0 Å². The first-order valence-corrected chi connectivity index (χ1v) is 10.1. The number of anilines is 1. The molecule has 0 unspecified atom stereocenters. The third-order valence-electron chi connectivity index (χ3n) is 4.31. The highest BCUT2D eigenvalue weighted by molar-refractivity contribution is 7.09. The van der Waals surface area contributed by atoms with E-state index in [1.165, 1.54) is 0 Å². The van der Waals surface area contributed by atoms with Crippen molar-refractivity contribution in [3.63, 3.8) is 0 Å². The zero-order valence-electron chi connectivity index (χ0n) is 15.9. The minimum Gasteiger partial charge on any atom is -0.487 e. The van der Waals surface area contributed by atoms with E-state index in [9.17, 15) is 4.79 Å². The van der Waals surface area contributed by atoms with E-state index < -0.39 is 0 Å². The number of aryl methyl sites for hydroxylation is 1. The predicted octanol–water partition coefficient (Wildman–Crippen LogP) is 4.53. The van der Waals surface area contributed by atoms with Crippen LogP contribution in [0.4, 0.5) is 5.69 Å². The summed E-state index contributed by atoms with van der Waals surface area (Å²) in [4.78, 5) is 17.2. The van der Waals surface area contributed by atoms with Crippen LogP contribution in [0.1, 0.15) is 26.6 Å². The minimum absolute atomic E-state index is 0.187. The number of aromatic nitrogens is 3. The Morgan fingerprint density at radius 1 is 1.17 bits per heavy atom. The fourth-order valence-corrected chi connectivity index (χ4v) is 3.50. The van der Waals surface area contributed by atoms with Gasteiger partial charge in [0.05, 0.1) is 17.2 Å². The molecule has 6 nitrogen and oxygen atoms in total. The number of ether oxygens (including phenoxy) is 1. The van der Waals surface area contributed by atoms with Crippen molar-refractivity contribution >= 4 is 22.9 Å². The smallest absolute Gasteiger partial charge is 0.255 e. The molecule has 0 atom stereocenters. The molecule has 2 aromatic carbocycles. The average Bonchev–Trinajstić information content (AvgIpc) is 3.40. The number of nitrogens with one attached hydrogen (secondary N) is 1. The quantitative estimate of drug-likeness (QED) is 0.491. The van der Waals surface area contributed by atoms with Gasteiger partial charge in [-0.25, -0.2) is 4.98 Å². The lowest BCUT2D eigenvalue weighted by molar-refractivity contribution is 0.102. The Labute approximate surface area is 172 Å². The summed E-state index contributed by atoms with van der Waals surface area (Å²) >= 11 is 1.59. The molecule has 0 aliphatic heterocycles. The van der Waals surface area contributed by atoms with E-state index in [0.29, 0.717) is 24.5 Å². The lowest BCUT2D eigenvalue weighted by atomic mass is 10.1. The summed E-state index contributed by atoms with van der Waals surface area (Å²) in [5.41, 5.74) is 3.16. The molecule has 1 N–H and O–H groups in total. The van der Waals surface area contributed by atoms with Crippen molar-refractivity contribution in [2.75, 3.05) is 5.32 Å². The SMILES string of the molecule is Cc1nc(COc2cccc(C(=O)Nc3ccccc3Cn3cccn3)c2)cs1. The fraction of sp³-hybridized carbons (Fsp3) is 0.136. The molecule has 4 aromatic rings. The van der Waals surface area contributed by atoms with Gasteiger partial charge in [-0.15, -0.1) is 11.3 Å². The van der Waals surface area contributed by atoms with Crippen LogP contribution in [0.15, 0.2) is 72.4 Å². The molecule has 0 aliphatic rings. The van der Waals surface area contributed by atoms with Crippen LogP contribution in [-0.4, -0.2) is 20.7 Å². The molecule has 0 aliphatic carbocycles. The first-order chi connectivity index (χ1) is 14.2. The van der Waals surface area contributed by atoms with E-state index in [1.807, 2.05) is 65.6 Å². The van der Waals surface area contributed by atoms with Gasteiger partial charge in [-0.1, -0.05) is 24.3 Å². The number of hydrogen-bond acceptors (Lipinski definition) is 5. The predicted molar refractivity (Wildman–Crippen MR) is 113 cm³/mol. The van der Waals surface area contributed by atoms with E-state index in [2.05, 4.69) is 15.4 Å².